The van der Waals surface area contributed by atoms with Crippen LogP contribution < -0.4 is 0 Å². The Morgan fingerprint density at radius 2 is 2.56 bits per heavy atom. The molecule has 8 nitrogen and oxygen atoms in total. The van der Waals surface area contributed by atoms with Gasteiger partial charge in [0.25, 0.3) is 0 Å². The minimum atomic E-state index is -0.411. The van der Waals surface area contributed by atoms with Crippen molar-refractivity contribution in [1.29, 1.82) is 0 Å². The van der Waals surface area contributed by atoms with Gasteiger partial charge in [0, 0.05) is 0 Å². The summed E-state index contributed by atoms with van der Waals surface area (Å²) in [7, 11) is 1.31. The molecule has 0 atom stereocenters. The van der Waals surface area contributed by atoms with Crippen molar-refractivity contribution < 1.29 is 9.53 Å². The van der Waals surface area contributed by atoms with Crippen LogP contribution >= 0.6 is 23.3 Å². The molecule has 0 amide bonds. The third-order valence-corrected chi connectivity index (χ3v) is 3.22. The van der Waals surface area contributed by atoms with Crippen LogP contribution in [0.3, 0.4) is 0 Å². The lowest BCUT2D eigenvalue weighted by Crippen LogP contribution is -2.13. The number of carbonyl (C=O) groups is 1. The summed E-state index contributed by atoms with van der Waals surface area (Å²) in [6.07, 6.45) is 1.45. The maximum absolute atomic E-state index is 11.1. The molecule has 16 heavy (non-hydrogen) atoms. The van der Waals surface area contributed by atoms with Crippen LogP contribution in [0.15, 0.2) is 15.8 Å². The largest absolute Gasteiger partial charge is 0.468 e. The first kappa shape index (κ1) is 11.0. The molecule has 0 fully saturated rings. The Morgan fingerprint density at radius 1 is 1.69 bits per heavy atom. The van der Waals surface area contributed by atoms with E-state index in [1.165, 1.54) is 41.4 Å². The van der Waals surface area contributed by atoms with Gasteiger partial charge >= 0.3 is 5.97 Å². The van der Waals surface area contributed by atoms with E-state index in [2.05, 4.69) is 29.6 Å². The number of tetrazole rings is 1. The van der Waals surface area contributed by atoms with Crippen LogP contribution in [-0.2, 0) is 16.1 Å². The molecule has 0 unspecified atom stereocenters. The summed E-state index contributed by atoms with van der Waals surface area (Å²) in [5.74, 6) is -0.411. The second-order valence-corrected chi connectivity index (χ2v) is 4.50. The molecule has 0 aliphatic heterocycles. The maximum Gasteiger partial charge on any atom is 0.327 e. The van der Waals surface area contributed by atoms with Gasteiger partial charge in [-0.15, -0.1) is 5.10 Å². The quantitative estimate of drug-likeness (QED) is 0.698. The van der Waals surface area contributed by atoms with E-state index in [0.29, 0.717) is 9.50 Å². The second-order valence-electron chi connectivity index (χ2n) is 2.50. The van der Waals surface area contributed by atoms with Gasteiger partial charge in [-0.05, 0) is 33.7 Å². The van der Waals surface area contributed by atoms with E-state index in [1.54, 1.807) is 0 Å². The number of esters is 1. The zero-order valence-corrected chi connectivity index (χ0v) is 9.73. The molecule has 2 heterocycles. The third-order valence-electron chi connectivity index (χ3n) is 1.53. The molecule has 0 aliphatic carbocycles. The molecule has 0 spiro atoms. The molecule has 0 radical (unpaired) electrons. The molecule has 0 N–H and O–H groups in total. The van der Waals surface area contributed by atoms with Gasteiger partial charge < -0.3 is 4.74 Å². The summed E-state index contributed by atoms with van der Waals surface area (Å²) in [5.41, 5.74) is 0. The highest BCUT2D eigenvalue weighted by atomic mass is 32.2. The molecule has 0 saturated carbocycles. The van der Waals surface area contributed by atoms with Crippen LogP contribution in [0.5, 0.6) is 0 Å². The first-order valence-corrected chi connectivity index (χ1v) is 5.66. The SMILES string of the molecule is COC(=O)Cn1nnnc1Sc1ncns1. The number of aromatic nitrogens is 6. The lowest BCUT2D eigenvalue weighted by atomic mass is 10.7. The van der Waals surface area contributed by atoms with Crippen molar-refractivity contribution in [3.05, 3.63) is 6.33 Å². The van der Waals surface area contributed by atoms with E-state index < -0.39 is 5.97 Å². The lowest BCUT2D eigenvalue weighted by molar-refractivity contribution is -0.141. The molecule has 10 heteroatoms. The fraction of sp³-hybridized carbons (Fsp3) is 0.333. The zero-order chi connectivity index (χ0) is 11.4. The van der Waals surface area contributed by atoms with Crippen molar-refractivity contribution >= 4 is 29.3 Å². The summed E-state index contributed by atoms with van der Waals surface area (Å²) in [6, 6.07) is 0. The molecule has 2 aromatic heterocycles. The number of hydrogen-bond acceptors (Lipinski definition) is 9. The average Bonchev–Trinajstić information content (AvgIpc) is 2.92. The molecule has 84 valence electrons. The summed E-state index contributed by atoms with van der Waals surface area (Å²) >= 11 is 2.48. The molecular weight excluding hydrogens is 252 g/mol. The number of nitrogens with zero attached hydrogens (tertiary/aromatic N) is 6. The van der Waals surface area contributed by atoms with Gasteiger partial charge in [0.1, 0.15) is 12.9 Å². The van der Waals surface area contributed by atoms with E-state index in [9.17, 15) is 4.79 Å². The summed E-state index contributed by atoms with van der Waals surface area (Å²) in [6.45, 7) is -0.0232. The van der Waals surface area contributed by atoms with Crippen LogP contribution in [0.4, 0.5) is 0 Å². The number of rotatable bonds is 4. The minimum absolute atomic E-state index is 0.0232. The Balaban J connectivity index is 2.10. The van der Waals surface area contributed by atoms with E-state index in [0.717, 1.165) is 0 Å². The van der Waals surface area contributed by atoms with Crippen LogP contribution in [0.25, 0.3) is 0 Å². The van der Waals surface area contributed by atoms with Crippen molar-refractivity contribution in [2.45, 2.75) is 16.0 Å². The maximum atomic E-state index is 11.1. The first-order valence-electron chi connectivity index (χ1n) is 4.07. The summed E-state index contributed by atoms with van der Waals surface area (Å²) in [4.78, 5) is 15.0. The third kappa shape index (κ3) is 2.52. The molecule has 0 aliphatic rings. The molecule has 2 aromatic rings. The standard InChI is InChI=1S/C6H6N6O2S2/c1-14-4(13)2-12-5(9-10-11-12)15-6-7-3-8-16-6/h3H,2H2,1H3. The average molecular weight is 258 g/mol. The highest BCUT2D eigenvalue weighted by molar-refractivity contribution is 8.00. The Morgan fingerprint density at radius 3 is 3.25 bits per heavy atom. The predicted molar refractivity (Wildman–Crippen MR) is 53.9 cm³/mol. The van der Waals surface area contributed by atoms with Crippen LogP contribution in [-0.4, -0.2) is 42.6 Å². The minimum Gasteiger partial charge on any atom is -0.468 e. The molecule has 2 rings (SSSR count). The van der Waals surface area contributed by atoms with Gasteiger partial charge in [-0.25, -0.2) is 9.67 Å². The van der Waals surface area contributed by atoms with E-state index in [1.807, 2.05) is 0 Å². The van der Waals surface area contributed by atoms with Crippen molar-refractivity contribution in [2.24, 2.45) is 0 Å². The van der Waals surface area contributed by atoms with E-state index in [4.69, 9.17) is 0 Å². The van der Waals surface area contributed by atoms with Gasteiger partial charge in [0.15, 0.2) is 4.34 Å². The van der Waals surface area contributed by atoms with Crippen molar-refractivity contribution in [3.63, 3.8) is 0 Å². The van der Waals surface area contributed by atoms with Crippen LogP contribution in [0.2, 0.25) is 0 Å². The fourth-order valence-corrected chi connectivity index (χ4v) is 2.16. The van der Waals surface area contributed by atoms with E-state index in [-0.39, 0.29) is 6.54 Å². The highest BCUT2D eigenvalue weighted by Crippen LogP contribution is 2.25. The highest BCUT2D eigenvalue weighted by Gasteiger charge is 2.13. The molecular formula is C6H6N6O2S2. The Labute approximate surface area is 98.2 Å². The predicted octanol–water partition coefficient (Wildman–Crippen LogP) is -0.151. The summed E-state index contributed by atoms with van der Waals surface area (Å²) in [5, 5.41) is 11.4. The van der Waals surface area contributed by atoms with Crippen LogP contribution in [0, 0.1) is 0 Å². The Hall–Kier alpha value is -1.55. The van der Waals surface area contributed by atoms with Crippen LogP contribution in [0.1, 0.15) is 0 Å². The number of methoxy groups -OCH3 is 1. The van der Waals surface area contributed by atoms with Crippen molar-refractivity contribution in [3.8, 4) is 0 Å². The number of carbonyl (C=O) groups excluding carboxylic acids is 1. The molecule has 0 aromatic carbocycles. The van der Waals surface area contributed by atoms with Gasteiger partial charge in [-0.1, -0.05) is 0 Å². The van der Waals surface area contributed by atoms with E-state index >= 15 is 0 Å². The lowest BCUT2D eigenvalue weighted by Gasteiger charge is -2.00. The topological polar surface area (TPSA) is 95.7 Å². The summed E-state index contributed by atoms with van der Waals surface area (Å²) < 4.78 is 10.4. The normalized spacial score (nSPS) is 10.3. The number of hydrogen-bond donors (Lipinski definition) is 0. The Bertz CT molecular complexity index is 469. The monoisotopic (exact) mass is 258 g/mol. The van der Waals surface area contributed by atoms with Gasteiger partial charge in [0.05, 0.1) is 7.11 Å². The van der Waals surface area contributed by atoms with Gasteiger partial charge in [-0.3, -0.25) is 4.79 Å². The second kappa shape index (κ2) is 4.99. The first-order chi connectivity index (χ1) is 7.79. The van der Waals surface area contributed by atoms with Gasteiger partial charge in [0.2, 0.25) is 5.16 Å². The smallest absolute Gasteiger partial charge is 0.327 e. The van der Waals surface area contributed by atoms with Gasteiger partial charge in [-0.2, -0.15) is 4.37 Å². The van der Waals surface area contributed by atoms with Crippen molar-refractivity contribution in [2.75, 3.05) is 7.11 Å². The molecule has 0 saturated heterocycles. The zero-order valence-electron chi connectivity index (χ0n) is 8.10. The fourth-order valence-electron chi connectivity index (χ4n) is 0.842. The Kier molecular flexibility index (Phi) is 3.41. The molecule has 0 bridgehead atoms. The number of ether oxygens (including phenoxy) is 1. The van der Waals surface area contributed by atoms with Crippen molar-refractivity contribution in [1.82, 2.24) is 29.6 Å².